The lowest BCUT2D eigenvalue weighted by Crippen LogP contribution is -1.85. The summed E-state index contributed by atoms with van der Waals surface area (Å²) in [6.45, 7) is 0. The quantitative estimate of drug-likeness (QED) is 0.624. The number of para-hydroxylation sites is 1. The molecule has 0 saturated heterocycles. The molecule has 1 aromatic heterocycles. The van der Waals surface area contributed by atoms with Gasteiger partial charge in [0.05, 0.1) is 0 Å². The van der Waals surface area contributed by atoms with Gasteiger partial charge in [0.2, 0.25) is 0 Å². The zero-order chi connectivity index (χ0) is 8.93. The normalized spacial score (nSPS) is 14.5. The molecule has 0 radical (unpaired) electrons. The second-order valence-corrected chi connectivity index (χ2v) is 3.48. The van der Waals surface area contributed by atoms with Gasteiger partial charge in [-0.05, 0) is 17.5 Å². The van der Waals surface area contributed by atoms with Gasteiger partial charge in [0.15, 0.2) is 0 Å². The number of H-pyrrole nitrogens is 1. The Bertz CT molecular complexity index is 324. The van der Waals surface area contributed by atoms with Crippen LogP contribution in [0.3, 0.4) is 0 Å². The number of fused-ring (bicyclic) bond motifs is 1. The molecule has 1 heteroatoms. The minimum atomic E-state index is 1.21. The average Bonchev–Trinajstić information content (AvgIpc) is 2.47. The Hall–Kier alpha value is -1.24. The summed E-state index contributed by atoms with van der Waals surface area (Å²) >= 11 is 0. The van der Waals surface area contributed by atoms with Crippen molar-refractivity contribution in [3.63, 3.8) is 0 Å². The molecule has 0 aliphatic heterocycles. The van der Waals surface area contributed by atoms with E-state index in [0.717, 1.165) is 0 Å². The fraction of sp³-hybridized carbons (Fsp3) is 0.333. The third-order valence-corrected chi connectivity index (χ3v) is 2.46. The van der Waals surface area contributed by atoms with E-state index in [4.69, 9.17) is 0 Å². The Labute approximate surface area is 78.8 Å². The van der Waals surface area contributed by atoms with Crippen LogP contribution < -0.4 is 0 Å². The van der Waals surface area contributed by atoms with Crippen molar-refractivity contribution >= 4 is 10.9 Å². The molecule has 13 heavy (non-hydrogen) atoms. The number of hydrogen-bond donors (Lipinski definition) is 1. The predicted octanol–water partition coefficient (Wildman–Crippen LogP) is 3.73. The van der Waals surface area contributed by atoms with Crippen LogP contribution in [-0.2, 0) is 0 Å². The van der Waals surface area contributed by atoms with Gasteiger partial charge in [0.1, 0.15) is 0 Å². The van der Waals surface area contributed by atoms with E-state index in [0.29, 0.717) is 0 Å². The summed E-state index contributed by atoms with van der Waals surface area (Å²) in [5, 5.41) is 1.28. The lowest BCUT2D eigenvalue weighted by Gasteiger charge is -2.05. The first-order valence-electron chi connectivity index (χ1n) is 4.99. The summed E-state index contributed by atoms with van der Waals surface area (Å²) in [4.78, 5) is 3.12. The van der Waals surface area contributed by atoms with Crippen molar-refractivity contribution in [1.82, 2.24) is 4.98 Å². The van der Waals surface area contributed by atoms with Crippen LogP contribution in [-0.4, -0.2) is 4.98 Å². The van der Waals surface area contributed by atoms with E-state index in [9.17, 15) is 0 Å². The van der Waals surface area contributed by atoms with Gasteiger partial charge in [-0.3, -0.25) is 0 Å². The van der Waals surface area contributed by atoms with Crippen LogP contribution in [0.4, 0.5) is 0 Å². The molecule has 0 amide bonds. The van der Waals surface area contributed by atoms with Crippen molar-refractivity contribution in [2.24, 2.45) is 0 Å². The molecule has 1 nitrogen and oxygen atoms in total. The summed E-state index contributed by atoms with van der Waals surface area (Å²) < 4.78 is 0. The SMILES string of the molecule is C1CCC1.c1ccc2[nH]ccc2c1. The summed E-state index contributed by atoms with van der Waals surface area (Å²) in [7, 11) is 0. The minimum absolute atomic E-state index is 1.21. The van der Waals surface area contributed by atoms with Gasteiger partial charge < -0.3 is 4.98 Å². The van der Waals surface area contributed by atoms with Crippen LogP contribution >= 0.6 is 0 Å². The van der Waals surface area contributed by atoms with Crippen molar-refractivity contribution in [3.8, 4) is 0 Å². The molecular formula is C12H15N. The highest BCUT2D eigenvalue weighted by Crippen LogP contribution is 2.15. The second kappa shape index (κ2) is 4.13. The molecule has 0 spiro atoms. The first-order valence-corrected chi connectivity index (χ1v) is 4.99. The van der Waals surface area contributed by atoms with E-state index in [1.807, 2.05) is 18.3 Å². The average molecular weight is 173 g/mol. The molecule has 0 bridgehead atoms. The largest absolute Gasteiger partial charge is 0.361 e. The molecule has 1 aliphatic carbocycles. The molecule has 3 rings (SSSR count). The maximum atomic E-state index is 3.12. The number of nitrogens with one attached hydrogen (secondary N) is 1. The molecule has 1 aliphatic rings. The monoisotopic (exact) mass is 173 g/mol. The van der Waals surface area contributed by atoms with Crippen LogP contribution in [0.15, 0.2) is 36.5 Å². The van der Waals surface area contributed by atoms with Gasteiger partial charge in [-0.2, -0.15) is 0 Å². The van der Waals surface area contributed by atoms with Crippen LogP contribution in [0.5, 0.6) is 0 Å². The third kappa shape index (κ3) is 2.11. The van der Waals surface area contributed by atoms with Gasteiger partial charge in [-0.15, -0.1) is 0 Å². The van der Waals surface area contributed by atoms with E-state index < -0.39 is 0 Å². The van der Waals surface area contributed by atoms with Gasteiger partial charge in [-0.1, -0.05) is 43.9 Å². The van der Waals surface area contributed by atoms with E-state index in [-0.39, 0.29) is 0 Å². The molecular weight excluding hydrogens is 158 g/mol. The number of aromatic nitrogens is 1. The first kappa shape index (κ1) is 8.36. The van der Waals surface area contributed by atoms with Crippen molar-refractivity contribution in [1.29, 1.82) is 0 Å². The van der Waals surface area contributed by atoms with Gasteiger partial charge in [0.25, 0.3) is 0 Å². The fourth-order valence-corrected chi connectivity index (χ4v) is 1.25. The van der Waals surface area contributed by atoms with Crippen LogP contribution in [0.2, 0.25) is 0 Å². The topological polar surface area (TPSA) is 15.8 Å². The van der Waals surface area contributed by atoms with Crippen molar-refractivity contribution in [3.05, 3.63) is 36.5 Å². The highest BCUT2D eigenvalue weighted by molar-refractivity contribution is 5.78. The Balaban J connectivity index is 0.000000137. The highest BCUT2D eigenvalue weighted by Gasteiger charge is 1.95. The molecule has 0 unspecified atom stereocenters. The molecule has 1 N–H and O–H groups in total. The number of benzene rings is 1. The smallest absolute Gasteiger partial charge is 0.0453 e. The zero-order valence-electron chi connectivity index (χ0n) is 7.79. The standard InChI is InChI=1S/C8H7N.C4H8/c1-2-4-8-7(3-1)5-6-9-8;1-2-4-3-1/h1-6,9H;1-4H2. The number of hydrogen-bond acceptors (Lipinski definition) is 0. The summed E-state index contributed by atoms with van der Waals surface area (Å²) in [6, 6.07) is 10.3. The Morgan fingerprint density at radius 2 is 1.54 bits per heavy atom. The minimum Gasteiger partial charge on any atom is -0.361 e. The second-order valence-electron chi connectivity index (χ2n) is 3.48. The first-order chi connectivity index (χ1) is 6.47. The Morgan fingerprint density at radius 1 is 0.846 bits per heavy atom. The van der Waals surface area contributed by atoms with Crippen molar-refractivity contribution in [2.75, 3.05) is 0 Å². The molecule has 1 saturated carbocycles. The van der Waals surface area contributed by atoms with E-state index in [1.165, 1.54) is 36.6 Å². The molecule has 0 atom stereocenters. The summed E-state index contributed by atoms with van der Waals surface area (Å²) in [5.74, 6) is 0. The molecule has 68 valence electrons. The number of rotatable bonds is 0. The van der Waals surface area contributed by atoms with Gasteiger partial charge in [-0.25, -0.2) is 0 Å². The zero-order valence-corrected chi connectivity index (χ0v) is 7.79. The van der Waals surface area contributed by atoms with Gasteiger partial charge >= 0.3 is 0 Å². The lowest BCUT2D eigenvalue weighted by molar-refractivity contribution is 0.504. The predicted molar refractivity (Wildman–Crippen MR) is 56.8 cm³/mol. The van der Waals surface area contributed by atoms with Crippen LogP contribution in [0.1, 0.15) is 25.7 Å². The van der Waals surface area contributed by atoms with E-state index in [2.05, 4.69) is 23.2 Å². The third-order valence-electron chi connectivity index (χ3n) is 2.46. The summed E-state index contributed by atoms with van der Waals surface area (Å²) in [6.07, 6.45) is 7.95. The lowest BCUT2D eigenvalue weighted by atomic mass is 10.0. The van der Waals surface area contributed by atoms with Gasteiger partial charge in [0, 0.05) is 11.7 Å². The molecule has 2 aromatic rings. The molecule has 1 fully saturated rings. The number of aromatic amines is 1. The van der Waals surface area contributed by atoms with Crippen LogP contribution in [0.25, 0.3) is 10.9 Å². The van der Waals surface area contributed by atoms with Crippen molar-refractivity contribution < 1.29 is 0 Å². The van der Waals surface area contributed by atoms with Crippen LogP contribution in [0, 0.1) is 0 Å². The molecule has 1 heterocycles. The molecule has 1 aromatic carbocycles. The fourth-order valence-electron chi connectivity index (χ4n) is 1.25. The van der Waals surface area contributed by atoms with E-state index in [1.54, 1.807) is 0 Å². The maximum absolute atomic E-state index is 3.12. The van der Waals surface area contributed by atoms with Crippen molar-refractivity contribution in [2.45, 2.75) is 25.7 Å². The Morgan fingerprint density at radius 3 is 2.15 bits per heavy atom. The Kier molecular flexibility index (Phi) is 2.65. The maximum Gasteiger partial charge on any atom is 0.0453 e. The summed E-state index contributed by atoms with van der Waals surface area (Å²) in [5.41, 5.74) is 1.21. The van der Waals surface area contributed by atoms with E-state index >= 15 is 0 Å². The highest BCUT2D eigenvalue weighted by atomic mass is 14.6.